The Hall–Kier alpha value is -2.61. The Morgan fingerprint density at radius 2 is 1.64 bits per heavy atom. The van der Waals surface area contributed by atoms with Gasteiger partial charge in [-0.05, 0) is 18.6 Å². The van der Waals surface area contributed by atoms with Gasteiger partial charge in [0.25, 0.3) is 5.91 Å². The fraction of sp³-hybridized carbons (Fsp3) is 0.565. The van der Waals surface area contributed by atoms with E-state index in [1.807, 2.05) is 0 Å². The average molecular weight is 529 g/mol. The van der Waals surface area contributed by atoms with Crippen LogP contribution in [0, 0.1) is 0 Å². The second-order valence-corrected chi connectivity index (χ2v) is 7.96. The number of carbonyl (C=O) groups is 4. The smallest absolute Gasteiger partial charge is 0.255 e. The molecule has 13 heteroatoms. The highest BCUT2D eigenvalue weighted by molar-refractivity contribution is 6.06. The molecule has 12 nitrogen and oxygen atoms in total. The summed E-state index contributed by atoms with van der Waals surface area (Å²) >= 11 is 0. The van der Waals surface area contributed by atoms with Gasteiger partial charge in [0, 0.05) is 36.3 Å². The number of nitrogens with two attached hydrogens (primary N) is 1. The summed E-state index contributed by atoms with van der Waals surface area (Å²) in [6.07, 6.45) is 0.454. The fourth-order valence-corrected chi connectivity index (χ4v) is 3.80. The summed E-state index contributed by atoms with van der Waals surface area (Å²) in [4.78, 5) is 50.2. The zero-order valence-electron chi connectivity index (χ0n) is 20.0. The van der Waals surface area contributed by atoms with Crippen molar-refractivity contribution in [3.63, 3.8) is 0 Å². The standard InChI is InChI=1S/C23H32N4O8.ClH/c24-6-7-32-8-9-33-10-11-34-12-13-35-15-21(29)25-18-3-1-2-16-17(18)14-27(23(16)31)19-4-5-20(28)26-22(19)30;/h1-3,19H,4-15,24H2,(H,25,29)(H,26,28,30);1H. The maximum absolute atomic E-state index is 12.8. The lowest BCUT2D eigenvalue weighted by atomic mass is 10.0. The van der Waals surface area contributed by atoms with Gasteiger partial charge in [-0.1, -0.05) is 6.07 Å². The summed E-state index contributed by atoms with van der Waals surface area (Å²) in [6, 6.07) is 4.31. The highest BCUT2D eigenvalue weighted by Crippen LogP contribution is 2.32. The number of halogens is 1. The van der Waals surface area contributed by atoms with Crippen LogP contribution < -0.4 is 16.4 Å². The Morgan fingerprint density at radius 3 is 2.28 bits per heavy atom. The molecule has 0 spiro atoms. The molecule has 2 aliphatic heterocycles. The first-order valence-corrected chi connectivity index (χ1v) is 11.6. The average Bonchev–Trinajstić information content (AvgIpc) is 3.17. The molecule has 2 heterocycles. The van der Waals surface area contributed by atoms with Crippen LogP contribution in [0.2, 0.25) is 0 Å². The van der Waals surface area contributed by atoms with Gasteiger partial charge in [0.05, 0.1) is 46.2 Å². The number of hydrogen-bond acceptors (Lipinski definition) is 9. The van der Waals surface area contributed by atoms with E-state index in [9.17, 15) is 19.2 Å². The number of carbonyl (C=O) groups excluding carboxylic acids is 4. The molecule has 4 N–H and O–H groups in total. The number of imide groups is 1. The van der Waals surface area contributed by atoms with E-state index in [0.29, 0.717) is 63.0 Å². The van der Waals surface area contributed by atoms with Gasteiger partial charge in [0.15, 0.2) is 0 Å². The molecule has 1 aromatic carbocycles. The van der Waals surface area contributed by atoms with E-state index in [4.69, 9.17) is 24.7 Å². The third-order valence-electron chi connectivity index (χ3n) is 5.47. The molecular formula is C23H33ClN4O8. The lowest BCUT2D eigenvalue weighted by Gasteiger charge is -2.29. The second-order valence-electron chi connectivity index (χ2n) is 7.96. The van der Waals surface area contributed by atoms with E-state index < -0.39 is 11.9 Å². The first kappa shape index (κ1) is 29.6. The zero-order chi connectivity index (χ0) is 25.0. The van der Waals surface area contributed by atoms with Crippen LogP contribution in [0.4, 0.5) is 5.69 Å². The number of piperidine rings is 1. The number of hydrogen-bond donors (Lipinski definition) is 3. The van der Waals surface area contributed by atoms with Gasteiger partial charge in [-0.15, -0.1) is 12.4 Å². The van der Waals surface area contributed by atoms with Crippen LogP contribution in [-0.4, -0.2) is 94.0 Å². The van der Waals surface area contributed by atoms with Gasteiger partial charge in [-0.3, -0.25) is 24.5 Å². The molecule has 4 amide bonds. The maximum atomic E-state index is 12.8. The number of rotatable bonds is 15. The molecule has 2 aliphatic rings. The first-order valence-electron chi connectivity index (χ1n) is 11.6. The Labute approximate surface area is 215 Å². The molecule has 3 rings (SSSR count). The SMILES string of the molecule is Cl.NCCOCCOCCOCCOCC(=O)Nc1cccc2c1CN(C1CCC(=O)NC1=O)C2=O. The number of ether oxygens (including phenoxy) is 4. The van der Waals surface area contributed by atoms with Crippen LogP contribution in [0.1, 0.15) is 28.8 Å². The second kappa shape index (κ2) is 15.5. The molecule has 1 unspecified atom stereocenters. The van der Waals surface area contributed by atoms with Crippen molar-refractivity contribution in [2.45, 2.75) is 25.4 Å². The topological polar surface area (TPSA) is 159 Å². The third kappa shape index (κ3) is 8.50. The van der Waals surface area contributed by atoms with Crippen LogP contribution in [0.15, 0.2) is 18.2 Å². The molecule has 1 fully saturated rings. The van der Waals surface area contributed by atoms with Gasteiger partial charge in [-0.2, -0.15) is 0 Å². The van der Waals surface area contributed by atoms with Crippen molar-refractivity contribution >= 4 is 41.7 Å². The van der Waals surface area contributed by atoms with Crippen LogP contribution in [0.3, 0.4) is 0 Å². The van der Waals surface area contributed by atoms with E-state index in [0.717, 1.165) is 0 Å². The van der Waals surface area contributed by atoms with Crippen molar-refractivity contribution in [1.29, 1.82) is 0 Å². The van der Waals surface area contributed by atoms with Crippen molar-refractivity contribution < 1.29 is 38.1 Å². The Morgan fingerprint density at radius 1 is 1.00 bits per heavy atom. The van der Waals surface area contributed by atoms with Crippen molar-refractivity contribution in [3.05, 3.63) is 29.3 Å². The summed E-state index contributed by atoms with van der Waals surface area (Å²) in [6.45, 7) is 3.34. The molecule has 0 radical (unpaired) electrons. The van der Waals surface area contributed by atoms with Crippen molar-refractivity contribution in [2.75, 3.05) is 64.7 Å². The van der Waals surface area contributed by atoms with Gasteiger partial charge in [-0.25, -0.2) is 0 Å². The molecule has 0 saturated carbocycles. The lowest BCUT2D eigenvalue weighted by molar-refractivity contribution is -0.137. The zero-order valence-corrected chi connectivity index (χ0v) is 20.8. The monoisotopic (exact) mass is 528 g/mol. The summed E-state index contributed by atoms with van der Waals surface area (Å²) in [5.41, 5.74) is 6.86. The summed E-state index contributed by atoms with van der Waals surface area (Å²) in [5, 5.41) is 5.04. The van der Waals surface area contributed by atoms with E-state index in [1.54, 1.807) is 18.2 Å². The summed E-state index contributed by atoms with van der Waals surface area (Å²) in [5.74, 6) is -1.49. The minimum Gasteiger partial charge on any atom is -0.378 e. The third-order valence-corrected chi connectivity index (χ3v) is 5.47. The Kier molecular flexibility index (Phi) is 12.7. The minimum atomic E-state index is -0.714. The van der Waals surface area contributed by atoms with Gasteiger partial charge in [0.1, 0.15) is 12.6 Å². The summed E-state index contributed by atoms with van der Waals surface area (Å²) in [7, 11) is 0. The fourth-order valence-electron chi connectivity index (χ4n) is 3.80. The van der Waals surface area contributed by atoms with Crippen LogP contribution in [0.25, 0.3) is 0 Å². The normalized spacial score (nSPS) is 17.0. The van der Waals surface area contributed by atoms with Crippen molar-refractivity contribution in [1.82, 2.24) is 10.2 Å². The molecule has 1 aromatic rings. The lowest BCUT2D eigenvalue weighted by Crippen LogP contribution is -2.52. The number of amides is 4. The van der Waals surface area contributed by atoms with Gasteiger partial charge >= 0.3 is 0 Å². The number of benzene rings is 1. The first-order chi connectivity index (χ1) is 17.0. The molecule has 1 saturated heterocycles. The van der Waals surface area contributed by atoms with E-state index in [-0.39, 0.29) is 62.7 Å². The number of anilines is 1. The molecule has 0 aliphatic carbocycles. The predicted octanol–water partition coefficient (Wildman–Crippen LogP) is -0.167. The highest BCUT2D eigenvalue weighted by atomic mass is 35.5. The van der Waals surface area contributed by atoms with Crippen LogP contribution in [0.5, 0.6) is 0 Å². The maximum Gasteiger partial charge on any atom is 0.255 e. The number of nitrogens with zero attached hydrogens (tertiary/aromatic N) is 1. The van der Waals surface area contributed by atoms with Crippen LogP contribution in [-0.2, 0) is 39.9 Å². The van der Waals surface area contributed by atoms with E-state index >= 15 is 0 Å². The Balaban J connectivity index is 0.00000456. The molecule has 0 bridgehead atoms. The summed E-state index contributed by atoms with van der Waals surface area (Å²) < 4.78 is 21.2. The molecule has 1 atom stereocenters. The van der Waals surface area contributed by atoms with E-state index in [1.165, 1.54) is 4.90 Å². The minimum absolute atomic E-state index is 0. The highest BCUT2D eigenvalue weighted by Gasteiger charge is 2.39. The predicted molar refractivity (Wildman–Crippen MR) is 131 cm³/mol. The molecule has 36 heavy (non-hydrogen) atoms. The Bertz CT molecular complexity index is 916. The van der Waals surface area contributed by atoms with E-state index in [2.05, 4.69) is 10.6 Å². The number of fused-ring (bicyclic) bond motifs is 1. The van der Waals surface area contributed by atoms with Crippen molar-refractivity contribution in [2.24, 2.45) is 5.73 Å². The largest absolute Gasteiger partial charge is 0.378 e. The van der Waals surface area contributed by atoms with Crippen molar-refractivity contribution in [3.8, 4) is 0 Å². The molecular weight excluding hydrogens is 496 g/mol. The molecule has 0 aromatic heterocycles. The quantitative estimate of drug-likeness (QED) is 0.207. The molecule has 200 valence electrons. The van der Waals surface area contributed by atoms with Gasteiger partial charge < -0.3 is 34.9 Å². The number of nitrogens with one attached hydrogen (secondary N) is 2. The van der Waals surface area contributed by atoms with Crippen LogP contribution >= 0.6 is 12.4 Å². The van der Waals surface area contributed by atoms with Gasteiger partial charge in [0.2, 0.25) is 17.7 Å².